The molecule has 0 saturated carbocycles. The summed E-state index contributed by atoms with van der Waals surface area (Å²) in [6.07, 6.45) is 8.09. The van der Waals surface area contributed by atoms with Gasteiger partial charge in [-0.2, -0.15) is 0 Å². The standard InChI is InChI=1S/C30H42N2O2/c1-4-24-7-11-27(12-8-24)30(33)32-19-15-26(16-20-32)6-5-25-9-13-28(14-10-25)34-29-17-21-31(22-18-29)23(2)3/h7-14,23,26,29H,4-6,15-22H2,1-3H3. The Kier molecular flexibility index (Phi) is 8.66. The van der Waals surface area contributed by atoms with Crippen LogP contribution in [-0.4, -0.2) is 54.0 Å². The summed E-state index contributed by atoms with van der Waals surface area (Å²) in [5, 5.41) is 0. The van der Waals surface area contributed by atoms with E-state index in [-0.39, 0.29) is 5.91 Å². The van der Waals surface area contributed by atoms with Crippen molar-refractivity contribution in [1.82, 2.24) is 9.80 Å². The SMILES string of the molecule is CCc1ccc(C(=O)N2CCC(CCc3ccc(OC4CCN(C(C)C)CC4)cc3)CC2)cc1. The third-order valence-corrected chi connectivity index (χ3v) is 7.79. The van der Waals surface area contributed by atoms with E-state index in [1.165, 1.54) is 17.5 Å². The summed E-state index contributed by atoms with van der Waals surface area (Å²) < 4.78 is 6.25. The van der Waals surface area contributed by atoms with Gasteiger partial charge in [0.2, 0.25) is 0 Å². The van der Waals surface area contributed by atoms with Crippen molar-refractivity contribution >= 4 is 5.91 Å². The van der Waals surface area contributed by atoms with E-state index in [0.29, 0.717) is 18.1 Å². The molecule has 0 spiro atoms. The lowest BCUT2D eigenvalue weighted by Crippen LogP contribution is -2.41. The molecule has 2 saturated heterocycles. The maximum absolute atomic E-state index is 12.8. The summed E-state index contributed by atoms with van der Waals surface area (Å²) in [6.45, 7) is 10.7. The zero-order chi connectivity index (χ0) is 23.9. The topological polar surface area (TPSA) is 32.8 Å². The highest BCUT2D eigenvalue weighted by Crippen LogP contribution is 2.25. The Morgan fingerprint density at radius 1 is 0.882 bits per heavy atom. The van der Waals surface area contributed by atoms with Crippen LogP contribution in [0.25, 0.3) is 0 Å². The first-order valence-corrected chi connectivity index (χ1v) is 13.4. The van der Waals surface area contributed by atoms with E-state index in [2.05, 4.69) is 62.1 Å². The molecule has 0 bridgehead atoms. The molecule has 0 unspecified atom stereocenters. The van der Waals surface area contributed by atoms with E-state index in [1.54, 1.807) is 0 Å². The molecule has 4 rings (SSSR count). The van der Waals surface area contributed by atoms with Crippen LogP contribution in [0.1, 0.15) is 74.4 Å². The van der Waals surface area contributed by atoms with Gasteiger partial charge in [0, 0.05) is 37.8 Å². The molecule has 184 valence electrons. The number of carbonyl (C=O) groups is 1. The number of rotatable bonds is 8. The predicted molar refractivity (Wildman–Crippen MR) is 140 cm³/mol. The van der Waals surface area contributed by atoms with E-state index in [9.17, 15) is 4.79 Å². The van der Waals surface area contributed by atoms with E-state index < -0.39 is 0 Å². The Morgan fingerprint density at radius 3 is 2.09 bits per heavy atom. The van der Waals surface area contributed by atoms with Crippen LogP contribution in [0.15, 0.2) is 48.5 Å². The number of hydrogen-bond acceptors (Lipinski definition) is 3. The summed E-state index contributed by atoms with van der Waals surface area (Å²) in [5.74, 6) is 1.89. The maximum Gasteiger partial charge on any atom is 0.253 e. The summed E-state index contributed by atoms with van der Waals surface area (Å²) in [5.41, 5.74) is 3.49. The summed E-state index contributed by atoms with van der Waals surface area (Å²) in [7, 11) is 0. The smallest absolute Gasteiger partial charge is 0.253 e. The number of aryl methyl sites for hydroxylation is 2. The van der Waals surface area contributed by atoms with Crippen LogP contribution in [-0.2, 0) is 12.8 Å². The average molecular weight is 463 g/mol. The fourth-order valence-corrected chi connectivity index (χ4v) is 5.30. The Morgan fingerprint density at radius 2 is 1.50 bits per heavy atom. The molecule has 34 heavy (non-hydrogen) atoms. The molecule has 4 heteroatoms. The molecule has 2 fully saturated rings. The van der Waals surface area contributed by atoms with Crippen molar-refractivity contribution in [3.8, 4) is 5.75 Å². The second kappa shape index (κ2) is 11.9. The molecular formula is C30H42N2O2. The van der Waals surface area contributed by atoms with E-state index in [0.717, 1.165) is 76.0 Å². The monoisotopic (exact) mass is 462 g/mol. The maximum atomic E-state index is 12.8. The number of nitrogens with zero attached hydrogens (tertiary/aromatic N) is 2. The Balaban J connectivity index is 1.17. The lowest BCUT2D eigenvalue weighted by molar-refractivity contribution is 0.0687. The Labute approximate surface area is 206 Å². The molecule has 0 atom stereocenters. The predicted octanol–water partition coefficient (Wildman–Crippen LogP) is 5.99. The van der Waals surface area contributed by atoms with Crippen molar-refractivity contribution in [3.63, 3.8) is 0 Å². The number of piperidine rings is 2. The number of likely N-dealkylation sites (tertiary alicyclic amines) is 2. The van der Waals surface area contributed by atoms with Gasteiger partial charge in [0.1, 0.15) is 11.9 Å². The second-order valence-electron chi connectivity index (χ2n) is 10.4. The quantitative estimate of drug-likeness (QED) is 0.483. The summed E-state index contributed by atoms with van der Waals surface area (Å²) in [6, 6.07) is 17.5. The molecule has 2 aromatic rings. The average Bonchev–Trinajstić information content (AvgIpc) is 2.88. The van der Waals surface area contributed by atoms with Gasteiger partial charge < -0.3 is 14.5 Å². The van der Waals surface area contributed by atoms with Crippen LogP contribution in [0.2, 0.25) is 0 Å². The molecule has 0 aromatic heterocycles. The minimum absolute atomic E-state index is 0.187. The fourth-order valence-electron chi connectivity index (χ4n) is 5.30. The zero-order valence-corrected chi connectivity index (χ0v) is 21.3. The lowest BCUT2D eigenvalue weighted by Gasteiger charge is -2.34. The molecule has 2 heterocycles. The molecule has 4 nitrogen and oxygen atoms in total. The molecule has 2 aliphatic heterocycles. The van der Waals surface area contributed by atoms with Crippen molar-refractivity contribution in [2.75, 3.05) is 26.2 Å². The van der Waals surface area contributed by atoms with Gasteiger partial charge in [-0.1, -0.05) is 31.2 Å². The van der Waals surface area contributed by atoms with Gasteiger partial charge in [0.25, 0.3) is 5.91 Å². The number of carbonyl (C=O) groups excluding carboxylic acids is 1. The molecule has 0 aliphatic carbocycles. The van der Waals surface area contributed by atoms with E-state index in [4.69, 9.17) is 4.74 Å². The van der Waals surface area contributed by atoms with Crippen molar-refractivity contribution in [2.45, 2.75) is 77.9 Å². The number of ether oxygens (including phenoxy) is 1. The molecular weight excluding hydrogens is 420 g/mol. The van der Waals surface area contributed by atoms with Gasteiger partial charge in [0.05, 0.1) is 0 Å². The normalized spacial score (nSPS) is 18.4. The zero-order valence-electron chi connectivity index (χ0n) is 21.3. The third kappa shape index (κ3) is 6.63. The Bertz CT molecular complexity index is 890. The van der Waals surface area contributed by atoms with Crippen molar-refractivity contribution in [3.05, 3.63) is 65.2 Å². The van der Waals surface area contributed by atoms with Crippen molar-refractivity contribution in [1.29, 1.82) is 0 Å². The van der Waals surface area contributed by atoms with Crippen LogP contribution in [0, 0.1) is 5.92 Å². The first kappa shape index (κ1) is 24.8. The van der Waals surface area contributed by atoms with Gasteiger partial charge >= 0.3 is 0 Å². The van der Waals surface area contributed by atoms with Gasteiger partial charge in [-0.3, -0.25) is 4.79 Å². The first-order valence-electron chi connectivity index (χ1n) is 13.4. The second-order valence-corrected chi connectivity index (χ2v) is 10.4. The van der Waals surface area contributed by atoms with Gasteiger partial charge in [-0.05, 0) is 100 Å². The number of hydrogen-bond donors (Lipinski definition) is 0. The van der Waals surface area contributed by atoms with Crippen LogP contribution < -0.4 is 4.74 Å². The number of amides is 1. The molecule has 0 radical (unpaired) electrons. The van der Waals surface area contributed by atoms with Gasteiger partial charge in [0.15, 0.2) is 0 Å². The van der Waals surface area contributed by atoms with Crippen molar-refractivity contribution < 1.29 is 9.53 Å². The minimum atomic E-state index is 0.187. The highest BCUT2D eigenvalue weighted by Gasteiger charge is 2.24. The third-order valence-electron chi connectivity index (χ3n) is 7.79. The van der Waals surface area contributed by atoms with Crippen LogP contribution in [0.5, 0.6) is 5.75 Å². The van der Waals surface area contributed by atoms with E-state index >= 15 is 0 Å². The molecule has 2 aromatic carbocycles. The van der Waals surface area contributed by atoms with Gasteiger partial charge in [-0.15, -0.1) is 0 Å². The lowest BCUT2D eigenvalue weighted by atomic mass is 9.90. The highest BCUT2D eigenvalue weighted by atomic mass is 16.5. The fraction of sp³-hybridized carbons (Fsp3) is 0.567. The highest BCUT2D eigenvalue weighted by molar-refractivity contribution is 5.94. The molecule has 1 amide bonds. The largest absolute Gasteiger partial charge is 0.490 e. The Hall–Kier alpha value is -2.33. The van der Waals surface area contributed by atoms with Gasteiger partial charge in [-0.25, -0.2) is 0 Å². The van der Waals surface area contributed by atoms with Crippen LogP contribution >= 0.6 is 0 Å². The van der Waals surface area contributed by atoms with E-state index in [1.807, 2.05) is 17.0 Å². The summed E-state index contributed by atoms with van der Waals surface area (Å²) in [4.78, 5) is 17.4. The number of benzene rings is 2. The van der Waals surface area contributed by atoms with Crippen LogP contribution in [0.3, 0.4) is 0 Å². The molecule has 0 N–H and O–H groups in total. The minimum Gasteiger partial charge on any atom is -0.490 e. The summed E-state index contributed by atoms with van der Waals surface area (Å²) >= 11 is 0. The molecule has 2 aliphatic rings. The van der Waals surface area contributed by atoms with Crippen LogP contribution in [0.4, 0.5) is 0 Å². The first-order chi connectivity index (χ1) is 16.5. The van der Waals surface area contributed by atoms with Crippen molar-refractivity contribution in [2.24, 2.45) is 5.92 Å².